The molecule has 0 saturated carbocycles. The maximum Gasteiger partial charge on any atom is 0.264 e. The van der Waals surface area contributed by atoms with Crippen molar-refractivity contribution in [1.82, 2.24) is 10.2 Å². The topological polar surface area (TPSA) is 86.8 Å². The highest BCUT2D eigenvalue weighted by molar-refractivity contribution is 9.10. The number of benzene rings is 3. The number of carbonyl (C=O) groups is 2. The molecule has 0 aliphatic rings. The standard InChI is InChI=1S/C30H36BrN3O4S/c1-21-15-22(2)17-26(16-21)34(39(37,38)27-13-8-7-9-14-27)20-28(35)33(19-24-11-10-12-25(31)18-24)23(3)29(36)32-30(4,5)6/h7-18,23H,19-20H2,1-6H3,(H,32,36)/t23-/m0/s1. The number of aryl methyl sites for hydroxylation is 2. The second-order valence-corrected chi connectivity index (χ2v) is 13.5. The summed E-state index contributed by atoms with van der Waals surface area (Å²) in [6.07, 6.45) is 0. The zero-order valence-corrected chi connectivity index (χ0v) is 25.6. The first-order chi connectivity index (χ1) is 18.2. The summed E-state index contributed by atoms with van der Waals surface area (Å²) in [5.41, 5.74) is 2.43. The van der Waals surface area contributed by atoms with E-state index in [0.717, 1.165) is 25.5 Å². The van der Waals surface area contributed by atoms with Crippen LogP contribution in [0.15, 0.2) is 82.2 Å². The SMILES string of the molecule is Cc1cc(C)cc(N(CC(=O)N(Cc2cccc(Br)c2)[C@@H](C)C(=O)NC(C)(C)C)S(=O)(=O)c2ccccc2)c1. The predicted molar refractivity (Wildman–Crippen MR) is 159 cm³/mol. The van der Waals surface area contributed by atoms with Crippen molar-refractivity contribution in [1.29, 1.82) is 0 Å². The van der Waals surface area contributed by atoms with Gasteiger partial charge < -0.3 is 10.2 Å². The minimum absolute atomic E-state index is 0.0778. The lowest BCUT2D eigenvalue weighted by molar-refractivity contribution is -0.140. The van der Waals surface area contributed by atoms with E-state index in [0.29, 0.717) is 5.69 Å². The molecular formula is C30H36BrN3O4S. The molecule has 0 aliphatic carbocycles. The van der Waals surface area contributed by atoms with Crippen LogP contribution in [-0.4, -0.2) is 43.3 Å². The number of anilines is 1. The largest absolute Gasteiger partial charge is 0.350 e. The molecule has 39 heavy (non-hydrogen) atoms. The van der Waals surface area contributed by atoms with Gasteiger partial charge in [-0.2, -0.15) is 0 Å². The van der Waals surface area contributed by atoms with Gasteiger partial charge in [0.15, 0.2) is 0 Å². The Kier molecular flexibility index (Phi) is 9.61. The monoisotopic (exact) mass is 613 g/mol. The summed E-state index contributed by atoms with van der Waals surface area (Å²) >= 11 is 3.46. The number of carbonyl (C=O) groups excluding carboxylic acids is 2. The molecule has 3 rings (SSSR count). The van der Waals surface area contributed by atoms with Crippen LogP contribution >= 0.6 is 15.9 Å². The fourth-order valence-corrected chi connectivity index (χ4v) is 6.10. The molecule has 0 unspecified atom stereocenters. The smallest absolute Gasteiger partial charge is 0.264 e. The Balaban J connectivity index is 2.06. The first kappa shape index (κ1) is 30.4. The van der Waals surface area contributed by atoms with Gasteiger partial charge in [0.25, 0.3) is 10.0 Å². The van der Waals surface area contributed by atoms with Gasteiger partial charge in [-0.1, -0.05) is 52.3 Å². The first-order valence-electron chi connectivity index (χ1n) is 12.7. The van der Waals surface area contributed by atoms with Gasteiger partial charge in [0.05, 0.1) is 10.6 Å². The van der Waals surface area contributed by atoms with E-state index in [1.165, 1.54) is 17.0 Å². The molecule has 0 heterocycles. The van der Waals surface area contributed by atoms with Gasteiger partial charge in [0.1, 0.15) is 12.6 Å². The van der Waals surface area contributed by atoms with E-state index in [4.69, 9.17) is 0 Å². The van der Waals surface area contributed by atoms with Crippen LogP contribution in [0, 0.1) is 13.8 Å². The van der Waals surface area contributed by atoms with Crippen molar-refractivity contribution in [2.24, 2.45) is 0 Å². The Morgan fingerprint density at radius 3 is 2.10 bits per heavy atom. The number of nitrogens with one attached hydrogen (secondary N) is 1. The number of hydrogen-bond acceptors (Lipinski definition) is 4. The molecule has 7 nitrogen and oxygen atoms in total. The lowest BCUT2D eigenvalue weighted by atomic mass is 10.1. The third-order valence-corrected chi connectivity index (χ3v) is 8.29. The van der Waals surface area contributed by atoms with Crippen molar-refractivity contribution in [3.05, 3.63) is 94.0 Å². The van der Waals surface area contributed by atoms with Gasteiger partial charge in [-0.25, -0.2) is 8.42 Å². The van der Waals surface area contributed by atoms with Crippen LogP contribution in [0.25, 0.3) is 0 Å². The normalized spacial score (nSPS) is 12.5. The molecule has 2 amide bonds. The van der Waals surface area contributed by atoms with Crippen LogP contribution in [0.4, 0.5) is 5.69 Å². The van der Waals surface area contributed by atoms with Gasteiger partial charge in [0, 0.05) is 16.6 Å². The van der Waals surface area contributed by atoms with Gasteiger partial charge in [-0.3, -0.25) is 13.9 Å². The van der Waals surface area contributed by atoms with E-state index in [9.17, 15) is 18.0 Å². The molecule has 0 spiro atoms. The summed E-state index contributed by atoms with van der Waals surface area (Å²) in [5.74, 6) is -0.820. The van der Waals surface area contributed by atoms with Crippen molar-refractivity contribution in [3.8, 4) is 0 Å². The Hall–Kier alpha value is -3.17. The number of rotatable bonds is 9. The number of hydrogen-bond donors (Lipinski definition) is 1. The molecule has 1 atom stereocenters. The quantitative estimate of drug-likeness (QED) is 0.341. The molecule has 0 aliphatic heterocycles. The molecule has 3 aromatic carbocycles. The molecule has 1 N–H and O–H groups in total. The fraction of sp³-hybridized carbons (Fsp3) is 0.333. The summed E-state index contributed by atoms with van der Waals surface area (Å²) < 4.78 is 29.7. The summed E-state index contributed by atoms with van der Waals surface area (Å²) in [6, 6.07) is 20.1. The average molecular weight is 615 g/mol. The first-order valence-corrected chi connectivity index (χ1v) is 14.9. The van der Waals surface area contributed by atoms with Gasteiger partial charge in [0.2, 0.25) is 11.8 Å². The second kappa shape index (κ2) is 12.3. The summed E-state index contributed by atoms with van der Waals surface area (Å²) in [7, 11) is -4.09. The van der Waals surface area contributed by atoms with E-state index in [1.54, 1.807) is 37.3 Å². The van der Waals surface area contributed by atoms with Crippen LogP contribution in [0.2, 0.25) is 0 Å². The van der Waals surface area contributed by atoms with Crippen molar-refractivity contribution < 1.29 is 18.0 Å². The van der Waals surface area contributed by atoms with Crippen molar-refractivity contribution in [3.63, 3.8) is 0 Å². The average Bonchev–Trinajstić information content (AvgIpc) is 2.84. The van der Waals surface area contributed by atoms with E-state index < -0.39 is 34.1 Å². The Labute approximate surface area is 240 Å². The maximum atomic E-state index is 14.0. The molecule has 0 bridgehead atoms. The van der Waals surface area contributed by atoms with Gasteiger partial charge in [-0.05, 0) is 94.6 Å². The van der Waals surface area contributed by atoms with E-state index in [1.807, 2.05) is 65.0 Å². The lowest BCUT2D eigenvalue weighted by Crippen LogP contribution is -2.54. The number of sulfonamides is 1. The molecule has 0 saturated heterocycles. The third kappa shape index (κ3) is 8.16. The summed E-state index contributed by atoms with van der Waals surface area (Å²) in [4.78, 5) is 28.7. The van der Waals surface area contributed by atoms with Crippen LogP contribution < -0.4 is 9.62 Å². The number of halogens is 1. The third-order valence-electron chi connectivity index (χ3n) is 6.01. The molecule has 208 valence electrons. The molecular weight excluding hydrogens is 578 g/mol. The number of nitrogens with zero attached hydrogens (tertiary/aromatic N) is 2. The van der Waals surface area contributed by atoms with Crippen LogP contribution in [0.5, 0.6) is 0 Å². The van der Waals surface area contributed by atoms with Crippen LogP contribution in [0.3, 0.4) is 0 Å². The van der Waals surface area contributed by atoms with E-state index in [-0.39, 0.29) is 17.3 Å². The number of amides is 2. The lowest BCUT2D eigenvalue weighted by Gasteiger charge is -2.33. The Morgan fingerprint density at radius 2 is 1.54 bits per heavy atom. The van der Waals surface area contributed by atoms with Crippen LogP contribution in [0.1, 0.15) is 44.4 Å². The van der Waals surface area contributed by atoms with Gasteiger partial charge >= 0.3 is 0 Å². The molecule has 0 radical (unpaired) electrons. The minimum Gasteiger partial charge on any atom is -0.350 e. The zero-order valence-electron chi connectivity index (χ0n) is 23.2. The predicted octanol–water partition coefficient (Wildman–Crippen LogP) is 5.59. The van der Waals surface area contributed by atoms with Gasteiger partial charge in [-0.15, -0.1) is 0 Å². The molecule has 0 fully saturated rings. The Morgan fingerprint density at radius 1 is 0.923 bits per heavy atom. The summed E-state index contributed by atoms with van der Waals surface area (Å²) in [6.45, 7) is 10.7. The highest BCUT2D eigenvalue weighted by Gasteiger charge is 2.33. The molecule has 3 aromatic rings. The van der Waals surface area contributed by atoms with E-state index in [2.05, 4.69) is 21.2 Å². The van der Waals surface area contributed by atoms with Crippen molar-refractivity contribution >= 4 is 43.5 Å². The molecule has 0 aromatic heterocycles. The highest BCUT2D eigenvalue weighted by Crippen LogP contribution is 2.27. The minimum atomic E-state index is -4.09. The van der Waals surface area contributed by atoms with Crippen molar-refractivity contribution in [2.45, 2.75) is 64.6 Å². The highest BCUT2D eigenvalue weighted by atomic mass is 79.9. The second-order valence-electron chi connectivity index (χ2n) is 10.7. The summed E-state index contributed by atoms with van der Waals surface area (Å²) in [5, 5.41) is 2.93. The van der Waals surface area contributed by atoms with E-state index >= 15 is 0 Å². The van der Waals surface area contributed by atoms with Crippen LogP contribution in [-0.2, 0) is 26.2 Å². The molecule has 9 heteroatoms. The maximum absolute atomic E-state index is 14.0. The van der Waals surface area contributed by atoms with Crippen molar-refractivity contribution in [2.75, 3.05) is 10.8 Å². The fourth-order valence-electron chi connectivity index (χ4n) is 4.23. The zero-order chi connectivity index (χ0) is 29.0. The Bertz CT molecular complexity index is 1420.